The van der Waals surface area contributed by atoms with E-state index in [4.69, 9.17) is 39.8 Å². The summed E-state index contributed by atoms with van der Waals surface area (Å²) in [6, 6.07) is 21.4. The van der Waals surface area contributed by atoms with Gasteiger partial charge in [-0.3, -0.25) is 4.79 Å². The van der Waals surface area contributed by atoms with E-state index in [1.807, 2.05) is 25.2 Å². The highest BCUT2D eigenvalue weighted by atomic mass is 35.5. The Labute approximate surface area is 276 Å². The van der Waals surface area contributed by atoms with Gasteiger partial charge in [0, 0.05) is 56.3 Å². The molecular formula is C35H42Cl3N5O. The molecule has 234 valence electrons. The van der Waals surface area contributed by atoms with E-state index in [2.05, 4.69) is 45.6 Å². The molecule has 0 radical (unpaired) electrons. The van der Waals surface area contributed by atoms with Crippen molar-refractivity contribution in [2.75, 3.05) is 51.2 Å². The molecule has 44 heavy (non-hydrogen) atoms. The lowest BCUT2D eigenvalue weighted by atomic mass is 9.94. The number of imidazole rings is 1. The molecule has 0 aliphatic carbocycles. The number of para-hydroxylation sites is 2. The number of rotatable bonds is 12. The van der Waals surface area contributed by atoms with Crippen molar-refractivity contribution in [1.82, 2.24) is 19.4 Å². The average molecular weight is 655 g/mol. The van der Waals surface area contributed by atoms with Gasteiger partial charge in [-0.2, -0.15) is 0 Å². The Balaban J connectivity index is 1.27. The van der Waals surface area contributed by atoms with Gasteiger partial charge in [0.1, 0.15) is 0 Å². The molecular weight excluding hydrogens is 613 g/mol. The molecule has 0 saturated carbocycles. The number of hydrogen-bond acceptors (Lipinski definition) is 4. The van der Waals surface area contributed by atoms with Crippen LogP contribution in [0.4, 0.5) is 5.95 Å². The highest BCUT2D eigenvalue weighted by Crippen LogP contribution is 2.30. The number of nitrogens with zero attached hydrogens (tertiary/aromatic N) is 5. The summed E-state index contributed by atoms with van der Waals surface area (Å²) in [6.45, 7) is 8.66. The van der Waals surface area contributed by atoms with Crippen LogP contribution in [-0.4, -0.2) is 71.6 Å². The Morgan fingerprint density at radius 2 is 1.70 bits per heavy atom. The Bertz CT molecular complexity index is 1540. The summed E-state index contributed by atoms with van der Waals surface area (Å²) in [7, 11) is 1.86. The zero-order valence-electron chi connectivity index (χ0n) is 25.7. The largest absolute Gasteiger partial charge is 0.341 e. The van der Waals surface area contributed by atoms with Crippen LogP contribution in [0.3, 0.4) is 0 Å². The van der Waals surface area contributed by atoms with E-state index in [0.717, 1.165) is 75.6 Å². The van der Waals surface area contributed by atoms with E-state index in [-0.39, 0.29) is 11.8 Å². The molecule has 9 heteroatoms. The number of carbonyl (C=O) groups excluding carboxylic acids is 1. The Morgan fingerprint density at radius 3 is 2.48 bits per heavy atom. The molecule has 1 atom stereocenters. The predicted octanol–water partition coefficient (Wildman–Crippen LogP) is 8.64. The maximum absolute atomic E-state index is 13.3. The minimum Gasteiger partial charge on any atom is -0.341 e. The predicted molar refractivity (Wildman–Crippen MR) is 185 cm³/mol. The Morgan fingerprint density at radius 1 is 0.909 bits per heavy atom. The molecule has 0 bridgehead atoms. The number of halogens is 3. The molecule has 1 saturated heterocycles. The van der Waals surface area contributed by atoms with Crippen LogP contribution in [0, 0.1) is 0 Å². The number of aromatic nitrogens is 2. The quantitative estimate of drug-likeness (QED) is 0.144. The lowest BCUT2D eigenvalue weighted by Gasteiger charge is -2.28. The minimum atomic E-state index is -0.0287. The van der Waals surface area contributed by atoms with Crippen LogP contribution in [0.1, 0.15) is 60.9 Å². The third kappa shape index (κ3) is 8.08. The van der Waals surface area contributed by atoms with E-state index in [9.17, 15) is 4.79 Å². The molecule has 1 aliphatic heterocycles. The number of benzene rings is 3. The molecule has 5 rings (SSSR count). The highest BCUT2D eigenvalue weighted by molar-refractivity contribution is 6.42. The van der Waals surface area contributed by atoms with Crippen LogP contribution in [-0.2, 0) is 6.54 Å². The standard InChI is InChI=1S/C35H42Cl3N5O/c1-3-4-7-20-43-33-10-6-5-9-32(33)39-35(43)42-19-8-18-41(22-23-42)21-17-28(27-13-16-30(37)31(38)24-27)25-40(2)34(44)26-11-14-29(36)15-12-26/h5-6,9-16,24,28H,3-4,7-8,17-23,25H2,1-2H3. The molecule has 0 N–H and O–H groups in total. The van der Waals surface area contributed by atoms with Crippen molar-refractivity contribution in [3.8, 4) is 0 Å². The first-order valence-electron chi connectivity index (χ1n) is 15.7. The maximum Gasteiger partial charge on any atom is 0.253 e. The summed E-state index contributed by atoms with van der Waals surface area (Å²) < 4.78 is 2.43. The SMILES string of the molecule is CCCCCn1c(N2CCCN(CCC(CN(C)C(=O)c3ccc(Cl)cc3)c3ccc(Cl)c(Cl)c3)CC2)nc2ccccc21. The smallest absolute Gasteiger partial charge is 0.253 e. The Kier molecular flexibility index (Phi) is 11.5. The first-order chi connectivity index (χ1) is 21.3. The van der Waals surface area contributed by atoms with E-state index >= 15 is 0 Å². The lowest BCUT2D eigenvalue weighted by Crippen LogP contribution is -2.35. The zero-order valence-corrected chi connectivity index (χ0v) is 28.0. The molecule has 2 heterocycles. The maximum atomic E-state index is 13.3. The van der Waals surface area contributed by atoms with Gasteiger partial charge >= 0.3 is 0 Å². The van der Waals surface area contributed by atoms with Crippen LogP contribution in [0.5, 0.6) is 0 Å². The number of aryl methyl sites for hydroxylation is 1. The van der Waals surface area contributed by atoms with Crippen molar-refractivity contribution in [2.24, 2.45) is 0 Å². The Hall–Kier alpha value is -2.77. The molecule has 1 aromatic heterocycles. The van der Waals surface area contributed by atoms with Gasteiger partial charge in [-0.25, -0.2) is 4.98 Å². The third-order valence-corrected chi connectivity index (χ3v) is 9.62. The van der Waals surface area contributed by atoms with Crippen LogP contribution in [0.15, 0.2) is 66.7 Å². The van der Waals surface area contributed by atoms with Gasteiger partial charge in [0.2, 0.25) is 5.95 Å². The van der Waals surface area contributed by atoms with Crippen LogP contribution in [0.25, 0.3) is 11.0 Å². The first-order valence-corrected chi connectivity index (χ1v) is 16.9. The van der Waals surface area contributed by atoms with E-state index < -0.39 is 0 Å². The molecule has 1 aliphatic rings. The normalized spacial score (nSPS) is 15.0. The van der Waals surface area contributed by atoms with Crippen LogP contribution < -0.4 is 4.90 Å². The molecule has 1 unspecified atom stereocenters. The third-order valence-electron chi connectivity index (χ3n) is 8.63. The van der Waals surface area contributed by atoms with Crippen molar-refractivity contribution >= 4 is 57.7 Å². The number of fused-ring (bicyclic) bond motifs is 1. The number of hydrogen-bond donors (Lipinski definition) is 0. The van der Waals surface area contributed by atoms with Crippen molar-refractivity contribution < 1.29 is 4.79 Å². The van der Waals surface area contributed by atoms with E-state index in [1.54, 1.807) is 29.2 Å². The summed E-state index contributed by atoms with van der Waals surface area (Å²) in [4.78, 5) is 25.2. The number of unbranched alkanes of at least 4 members (excludes halogenated alkanes) is 2. The average Bonchev–Trinajstić information content (AvgIpc) is 3.22. The molecule has 0 spiro atoms. The molecule has 6 nitrogen and oxygen atoms in total. The van der Waals surface area contributed by atoms with Gasteiger partial charge < -0.3 is 19.3 Å². The number of likely N-dealkylation sites (N-methyl/N-ethyl adjacent to an activating group) is 1. The molecule has 1 fully saturated rings. The van der Waals surface area contributed by atoms with E-state index in [1.165, 1.54) is 18.4 Å². The topological polar surface area (TPSA) is 44.6 Å². The fourth-order valence-electron chi connectivity index (χ4n) is 6.13. The summed E-state index contributed by atoms with van der Waals surface area (Å²) in [5, 5.41) is 1.68. The molecule has 3 aromatic carbocycles. The summed E-state index contributed by atoms with van der Waals surface area (Å²) in [6.07, 6.45) is 5.56. The number of carbonyl (C=O) groups is 1. The first kappa shape index (κ1) is 32.6. The zero-order chi connectivity index (χ0) is 31.1. The second kappa shape index (κ2) is 15.5. The molecule has 1 amide bonds. The fourth-order valence-corrected chi connectivity index (χ4v) is 6.57. The van der Waals surface area contributed by atoms with Gasteiger partial charge in [-0.1, -0.05) is 72.8 Å². The monoisotopic (exact) mass is 653 g/mol. The summed E-state index contributed by atoms with van der Waals surface area (Å²) in [5.74, 6) is 1.17. The van der Waals surface area contributed by atoms with Crippen molar-refractivity contribution in [3.05, 3.63) is 92.9 Å². The highest BCUT2D eigenvalue weighted by Gasteiger charge is 2.24. The number of anilines is 1. The van der Waals surface area contributed by atoms with Crippen LogP contribution in [0.2, 0.25) is 15.1 Å². The minimum absolute atomic E-state index is 0.0287. The molecule has 4 aromatic rings. The van der Waals surface area contributed by atoms with E-state index in [0.29, 0.717) is 27.2 Å². The van der Waals surface area contributed by atoms with Gasteiger partial charge in [0.25, 0.3) is 5.91 Å². The second-order valence-electron chi connectivity index (χ2n) is 11.8. The van der Waals surface area contributed by atoms with Crippen molar-refractivity contribution in [3.63, 3.8) is 0 Å². The van der Waals surface area contributed by atoms with Crippen LogP contribution >= 0.6 is 34.8 Å². The van der Waals surface area contributed by atoms with Gasteiger partial charge in [-0.15, -0.1) is 0 Å². The van der Waals surface area contributed by atoms with Crippen molar-refractivity contribution in [2.45, 2.75) is 51.5 Å². The number of amides is 1. The second-order valence-corrected chi connectivity index (χ2v) is 13.0. The van der Waals surface area contributed by atoms with Gasteiger partial charge in [0.05, 0.1) is 21.1 Å². The van der Waals surface area contributed by atoms with Gasteiger partial charge in [0.15, 0.2) is 0 Å². The lowest BCUT2D eigenvalue weighted by molar-refractivity contribution is 0.0783. The summed E-state index contributed by atoms with van der Waals surface area (Å²) in [5.41, 5.74) is 4.01. The summed E-state index contributed by atoms with van der Waals surface area (Å²) >= 11 is 18.8. The van der Waals surface area contributed by atoms with Crippen molar-refractivity contribution in [1.29, 1.82) is 0 Å². The fraction of sp³-hybridized carbons (Fsp3) is 0.429. The van der Waals surface area contributed by atoms with Gasteiger partial charge in [-0.05, 0) is 86.4 Å².